The zero-order valence-electron chi connectivity index (χ0n) is 4.98. The second-order valence-electron chi connectivity index (χ2n) is 1.64. The molecule has 1 rings (SSSR count). The lowest BCUT2D eigenvalue weighted by Crippen LogP contribution is -2.08. The minimum atomic E-state index is -1.13. The molecular formula is C4H6N4O2. The van der Waals surface area contributed by atoms with E-state index in [0.717, 1.165) is 4.79 Å². The molecule has 0 aliphatic heterocycles. The number of nitrogens with one attached hydrogen (secondary N) is 1. The van der Waals surface area contributed by atoms with Crippen molar-refractivity contribution in [2.75, 3.05) is 11.2 Å². The van der Waals surface area contributed by atoms with Gasteiger partial charge in [-0.3, -0.25) is 5.32 Å². The Morgan fingerprint density at radius 2 is 2.60 bits per heavy atom. The molecule has 6 heteroatoms. The number of carboxylic acid groups (broad SMARTS) is 1. The van der Waals surface area contributed by atoms with Crippen LogP contribution in [0.5, 0.6) is 0 Å². The molecule has 0 atom stereocenters. The van der Waals surface area contributed by atoms with Crippen molar-refractivity contribution in [3.05, 3.63) is 12.4 Å². The summed E-state index contributed by atoms with van der Waals surface area (Å²) in [6.07, 6.45) is 1.54. The van der Waals surface area contributed by atoms with Crippen LogP contribution in [0.4, 0.5) is 10.5 Å². The number of nitrogens with two attached hydrogens (primary N) is 1. The second-order valence-corrected chi connectivity index (χ2v) is 1.64. The molecule has 0 aromatic carbocycles. The highest BCUT2D eigenvalue weighted by Crippen LogP contribution is 2.00. The zero-order valence-corrected chi connectivity index (χ0v) is 4.98. The molecule has 1 heterocycles. The number of amides is 1. The van der Waals surface area contributed by atoms with E-state index in [4.69, 9.17) is 10.9 Å². The van der Waals surface area contributed by atoms with Crippen molar-refractivity contribution in [3.63, 3.8) is 0 Å². The van der Waals surface area contributed by atoms with E-state index in [0.29, 0.717) is 5.69 Å². The molecule has 0 bridgehead atoms. The first-order chi connectivity index (χ1) is 4.68. The molecule has 4 N–H and O–H groups in total. The summed E-state index contributed by atoms with van der Waals surface area (Å²) in [4.78, 5) is 11.0. The lowest BCUT2D eigenvalue weighted by atomic mass is 10.6. The Hall–Kier alpha value is -1.72. The average Bonchev–Trinajstić information content (AvgIpc) is 2.13. The molecule has 6 nitrogen and oxygen atoms in total. The van der Waals surface area contributed by atoms with Crippen LogP contribution in [0.1, 0.15) is 0 Å². The SMILES string of the molecule is Nn1cc(NC(=O)O)cn1. The minimum Gasteiger partial charge on any atom is -0.465 e. The van der Waals surface area contributed by atoms with Crippen LogP contribution in [0.2, 0.25) is 0 Å². The largest absolute Gasteiger partial charge is 0.465 e. The topological polar surface area (TPSA) is 93.2 Å². The van der Waals surface area contributed by atoms with Gasteiger partial charge < -0.3 is 10.9 Å². The van der Waals surface area contributed by atoms with Gasteiger partial charge in [-0.25, -0.2) is 4.79 Å². The fourth-order valence-corrected chi connectivity index (χ4v) is 0.526. The van der Waals surface area contributed by atoms with Crippen LogP contribution >= 0.6 is 0 Å². The molecule has 0 unspecified atom stereocenters. The Kier molecular flexibility index (Phi) is 1.44. The predicted octanol–water partition coefficient (Wildman–Crippen LogP) is -0.313. The first kappa shape index (κ1) is 6.40. The van der Waals surface area contributed by atoms with Crippen molar-refractivity contribution in [3.8, 4) is 0 Å². The van der Waals surface area contributed by atoms with E-state index in [1.807, 2.05) is 0 Å². The molecule has 0 aliphatic carbocycles. The molecular weight excluding hydrogens is 136 g/mol. The Morgan fingerprint density at radius 1 is 1.90 bits per heavy atom. The fourth-order valence-electron chi connectivity index (χ4n) is 0.526. The van der Waals surface area contributed by atoms with E-state index in [1.165, 1.54) is 12.4 Å². The van der Waals surface area contributed by atoms with Gasteiger partial charge in [-0.05, 0) is 0 Å². The molecule has 1 aromatic heterocycles. The number of hydrogen-bond donors (Lipinski definition) is 3. The lowest BCUT2D eigenvalue weighted by molar-refractivity contribution is 0.210. The van der Waals surface area contributed by atoms with Gasteiger partial charge in [0.2, 0.25) is 0 Å². The van der Waals surface area contributed by atoms with E-state index in [-0.39, 0.29) is 0 Å². The Labute approximate surface area is 56.2 Å². The number of carbonyl (C=O) groups is 1. The molecule has 0 saturated carbocycles. The molecule has 1 amide bonds. The van der Waals surface area contributed by atoms with Crippen LogP contribution in [-0.2, 0) is 0 Å². The molecule has 1 aromatic rings. The summed E-state index contributed by atoms with van der Waals surface area (Å²) in [5.74, 6) is 5.13. The highest BCUT2D eigenvalue weighted by Gasteiger charge is 1.98. The van der Waals surface area contributed by atoms with Gasteiger partial charge in [-0.2, -0.15) is 9.89 Å². The first-order valence-corrected chi connectivity index (χ1v) is 2.48. The van der Waals surface area contributed by atoms with Gasteiger partial charge in [0.05, 0.1) is 18.1 Å². The number of anilines is 1. The average molecular weight is 142 g/mol. The summed E-state index contributed by atoms with van der Waals surface area (Å²) in [7, 11) is 0. The smallest absolute Gasteiger partial charge is 0.409 e. The van der Waals surface area contributed by atoms with Crippen molar-refractivity contribution >= 4 is 11.8 Å². The maximum absolute atomic E-state index is 9.99. The van der Waals surface area contributed by atoms with E-state index in [1.54, 1.807) is 0 Å². The highest BCUT2D eigenvalue weighted by atomic mass is 16.4. The normalized spacial score (nSPS) is 9.20. The number of hydrogen-bond acceptors (Lipinski definition) is 3. The van der Waals surface area contributed by atoms with Gasteiger partial charge in [0.1, 0.15) is 0 Å². The van der Waals surface area contributed by atoms with Crippen molar-refractivity contribution in [2.24, 2.45) is 0 Å². The third kappa shape index (κ3) is 1.38. The summed E-state index contributed by atoms with van der Waals surface area (Å²) in [6, 6.07) is 0. The molecule has 0 spiro atoms. The molecule has 0 radical (unpaired) electrons. The molecule has 0 fully saturated rings. The number of nitrogens with zero attached hydrogens (tertiary/aromatic N) is 2. The first-order valence-electron chi connectivity index (χ1n) is 2.48. The maximum atomic E-state index is 9.99. The molecule has 0 saturated heterocycles. The van der Waals surface area contributed by atoms with Crippen LogP contribution in [0.25, 0.3) is 0 Å². The monoisotopic (exact) mass is 142 g/mol. The van der Waals surface area contributed by atoms with Crippen LogP contribution < -0.4 is 11.2 Å². The third-order valence-corrected chi connectivity index (χ3v) is 0.853. The van der Waals surface area contributed by atoms with E-state index in [9.17, 15) is 4.79 Å². The number of aromatic nitrogens is 2. The van der Waals surface area contributed by atoms with E-state index in [2.05, 4.69) is 10.4 Å². The summed E-state index contributed by atoms with van der Waals surface area (Å²) in [5, 5.41) is 13.8. The van der Waals surface area contributed by atoms with Gasteiger partial charge in [0, 0.05) is 0 Å². The maximum Gasteiger partial charge on any atom is 0.409 e. The molecule has 0 aliphatic rings. The minimum absolute atomic E-state index is 0.356. The van der Waals surface area contributed by atoms with Gasteiger partial charge >= 0.3 is 6.09 Å². The van der Waals surface area contributed by atoms with Gasteiger partial charge in [0.15, 0.2) is 0 Å². The van der Waals surface area contributed by atoms with Gasteiger partial charge in [-0.1, -0.05) is 0 Å². The third-order valence-electron chi connectivity index (χ3n) is 0.853. The van der Waals surface area contributed by atoms with Gasteiger partial charge in [0.25, 0.3) is 0 Å². The Morgan fingerprint density at radius 3 is 3.00 bits per heavy atom. The van der Waals surface area contributed by atoms with Crippen molar-refractivity contribution in [1.29, 1.82) is 0 Å². The second kappa shape index (κ2) is 2.26. The van der Waals surface area contributed by atoms with Crippen LogP contribution in [-0.4, -0.2) is 21.1 Å². The summed E-state index contributed by atoms with van der Waals surface area (Å²) in [6.45, 7) is 0. The van der Waals surface area contributed by atoms with Crippen LogP contribution in [0.3, 0.4) is 0 Å². The van der Waals surface area contributed by atoms with Crippen LogP contribution in [0.15, 0.2) is 12.4 Å². The summed E-state index contributed by atoms with van der Waals surface area (Å²) >= 11 is 0. The summed E-state index contributed by atoms with van der Waals surface area (Å²) in [5.41, 5.74) is 0.356. The van der Waals surface area contributed by atoms with Crippen LogP contribution in [0, 0.1) is 0 Å². The predicted molar refractivity (Wildman–Crippen MR) is 34.0 cm³/mol. The highest BCUT2D eigenvalue weighted by molar-refractivity contribution is 5.82. The number of rotatable bonds is 1. The van der Waals surface area contributed by atoms with Crippen molar-refractivity contribution in [1.82, 2.24) is 9.89 Å². The molecule has 54 valence electrons. The Balaban J connectivity index is 2.67. The standard InChI is InChI=1S/C4H6N4O2/c5-8-2-3(1-6-8)7-4(9)10/h1-2,7H,5H2,(H,9,10). The number of nitrogen functional groups attached to an aromatic ring is 1. The van der Waals surface area contributed by atoms with Gasteiger partial charge in [-0.15, -0.1) is 0 Å². The van der Waals surface area contributed by atoms with E-state index < -0.39 is 6.09 Å². The Bertz CT molecular complexity index is 243. The quantitative estimate of drug-likeness (QED) is 0.469. The fraction of sp³-hybridized carbons (Fsp3) is 0. The zero-order chi connectivity index (χ0) is 7.56. The summed E-state index contributed by atoms with van der Waals surface area (Å²) < 4.78 is 0. The lowest BCUT2D eigenvalue weighted by Gasteiger charge is -1.90. The molecule has 10 heavy (non-hydrogen) atoms. The van der Waals surface area contributed by atoms with Crippen molar-refractivity contribution in [2.45, 2.75) is 0 Å². The van der Waals surface area contributed by atoms with Crippen molar-refractivity contribution < 1.29 is 9.90 Å². The van der Waals surface area contributed by atoms with E-state index >= 15 is 0 Å².